The predicted molar refractivity (Wildman–Crippen MR) is 107 cm³/mol. The molecule has 0 aliphatic heterocycles. The van der Waals surface area contributed by atoms with E-state index in [0.717, 1.165) is 25.9 Å². The summed E-state index contributed by atoms with van der Waals surface area (Å²) in [6.45, 7) is 8.72. The first-order chi connectivity index (χ1) is 11.8. The number of rotatable bonds is 18. The Labute approximate surface area is 152 Å². The summed E-state index contributed by atoms with van der Waals surface area (Å²) in [5.74, 6) is 0.413. The third-order valence-corrected chi connectivity index (χ3v) is 4.91. The Bertz CT molecular complexity index is 253. The Morgan fingerprint density at radius 1 is 0.542 bits per heavy atom. The fourth-order valence-corrected chi connectivity index (χ4v) is 3.21. The van der Waals surface area contributed by atoms with Crippen LogP contribution in [0.4, 0.5) is 0 Å². The number of amides is 1. The standard InChI is InChI=1S/C22H45NO/c1-4-7-10-13-14-15-16-19-22(24)23(20-17-11-8-5-2)21-18-12-9-6-3/h4-21H2,1-3H3. The smallest absolute Gasteiger partial charge is 0.222 e. The molecule has 0 unspecified atom stereocenters. The maximum Gasteiger partial charge on any atom is 0.222 e. The first kappa shape index (κ1) is 23.5. The minimum atomic E-state index is 0.413. The predicted octanol–water partition coefficient (Wildman–Crippen LogP) is 7.12. The van der Waals surface area contributed by atoms with Gasteiger partial charge in [0.15, 0.2) is 0 Å². The Kier molecular flexibility index (Phi) is 18.4. The van der Waals surface area contributed by atoms with Crippen LogP contribution in [0.3, 0.4) is 0 Å². The van der Waals surface area contributed by atoms with E-state index < -0.39 is 0 Å². The van der Waals surface area contributed by atoms with Gasteiger partial charge in [-0.25, -0.2) is 0 Å². The molecule has 0 fully saturated rings. The lowest BCUT2D eigenvalue weighted by Crippen LogP contribution is -2.32. The number of unbranched alkanes of at least 4 members (excludes halogenated alkanes) is 12. The third-order valence-electron chi connectivity index (χ3n) is 4.91. The average Bonchev–Trinajstić information content (AvgIpc) is 2.59. The van der Waals surface area contributed by atoms with Crippen molar-refractivity contribution in [3.05, 3.63) is 0 Å². The van der Waals surface area contributed by atoms with Gasteiger partial charge < -0.3 is 4.90 Å². The van der Waals surface area contributed by atoms with E-state index in [2.05, 4.69) is 25.7 Å². The number of nitrogens with zero attached hydrogens (tertiary/aromatic N) is 1. The van der Waals surface area contributed by atoms with E-state index in [0.29, 0.717) is 5.91 Å². The monoisotopic (exact) mass is 339 g/mol. The lowest BCUT2D eigenvalue weighted by atomic mass is 10.1. The molecule has 0 heterocycles. The molecule has 0 rings (SSSR count). The van der Waals surface area contributed by atoms with Crippen molar-refractivity contribution in [3.8, 4) is 0 Å². The molecule has 0 spiro atoms. The molecule has 0 aromatic rings. The molecule has 0 saturated heterocycles. The molecule has 2 heteroatoms. The van der Waals surface area contributed by atoms with Crippen LogP contribution < -0.4 is 0 Å². The van der Waals surface area contributed by atoms with Gasteiger partial charge in [-0.05, 0) is 19.3 Å². The van der Waals surface area contributed by atoms with Gasteiger partial charge in [0.2, 0.25) is 5.91 Å². The number of carbonyl (C=O) groups is 1. The lowest BCUT2D eigenvalue weighted by molar-refractivity contribution is -0.131. The van der Waals surface area contributed by atoms with Crippen LogP contribution in [0.5, 0.6) is 0 Å². The third kappa shape index (κ3) is 15.0. The van der Waals surface area contributed by atoms with Gasteiger partial charge in [0.1, 0.15) is 0 Å². The Hall–Kier alpha value is -0.530. The van der Waals surface area contributed by atoms with Crippen molar-refractivity contribution in [1.82, 2.24) is 4.90 Å². The van der Waals surface area contributed by atoms with E-state index in [4.69, 9.17) is 0 Å². The van der Waals surface area contributed by atoms with Gasteiger partial charge in [-0.2, -0.15) is 0 Å². The van der Waals surface area contributed by atoms with E-state index in [-0.39, 0.29) is 0 Å². The molecule has 0 aliphatic carbocycles. The van der Waals surface area contributed by atoms with Crippen molar-refractivity contribution in [3.63, 3.8) is 0 Å². The van der Waals surface area contributed by atoms with E-state index in [9.17, 15) is 4.79 Å². The van der Waals surface area contributed by atoms with Gasteiger partial charge in [0, 0.05) is 19.5 Å². The van der Waals surface area contributed by atoms with E-state index in [1.807, 2.05) is 0 Å². The highest BCUT2D eigenvalue weighted by Gasteiger charge is 2.12. The van der Waals surface area contributed by atoms with Crippen molar-refractivity contribution in [2.45, 2.75) is 124 Å². The van der Waals surface area contributed by atoms with Crippen molar-refractivity contribution in [2.75, 3.05) is 13.1 Å². The van der Waals surface area contributed by atoms with Crippen molar-refractivity contribution < 1.29 is 4.79 Å². The van der Waals surface area contributed by atoms with Gasteiger partial charge in [0.25, 0.3) is 0 Å². The molecule has 1 amide bonds. The molecule has 0 aromatic carbocycles. The Morgan fingerprint density at radius 3 is 1.38 bits per heavy atom. The second-order valence-corrected chi connectivity index (χ2v) is 7.37. The highest BCUT2D eigenvalue weighted by molar-refractivity contribution is 5.76. The van der Waals surface area contributed by atoms with Crippen LogP contribution >= 0.6 is 0 Å². The van der Waals surface area contributed by atoms with Crippen LogP contribution in [0, 0.1) is 0 Å². The molecule has 2 nitrogen and oxygen atoms in total. The first-order valence-corrected chi connectivity index (χ1v) is 11.0. The van der Waals surface area contributed by atoms with E-state index in [1.165, 1.54) is 89.9 Å². The van der Waals surface area contributed by atoms with Crippen molar-refractivity contribution in [1.29, 1.82) is 0 Å². The fourth-order valence-electron chi connectivity index (χ4n) is 3.21. The van der Waals surface area contributed by atoms with Crippen LogP contribution in [0.2, 0.25) is 0 Å². The van der Waals surface area contributed by atoms with E-state index in [1.54, 1.807) is 0 Å². The SMILES string of the molecule is CCCCCCCCCC(=O)N(CCCCCC)CCCCCC. The highest BCUT2D eigenvalue weighted by Crippen LogP contribution is 2.11. The van der Waals surface area contributed by atoms with Crippen LogP contribution in [0.1, 0.15) is 124 Å². The van der Waals surface area contributed by atoms with Gasteiger partial charge in [0.05, 0.1) is 0 Å². The first-order valence-electron chi connectivity index (χ1n) is 11.0. The van der Waals surface area contributed by atoms with Gasteiger partial charge >= 0.3 is 0 Å². The number of hydrogen-bond acceptors (Lipinski definition) is 1. The summed E-state index contributed by atoms with van der Waals surface area (Å²) in [4.78, 5) is 14.7. The minimum absolute atomic E-state index is 0.413. The van der Waals surface area contributed by atoms with Gasteiger partial charge in [-0.1, -0.05) is 97.8 Å². The summed E-state index contributed by atoms with van der Waals surface area (Å²) in [6, 6.07) is 0. The molecule has 0 N–H and O–H groups in total. The Balaban J connectivity index is 3.92. The molecule has 24 heavy (non-hydrogen) atoms. The second kappa shape index (κ2) is 18.8. The summed E-state index contributed by atoms with van der Waals surface area (Å²) >= 11 is 0. The quantitative estimate of drug-likeness (QED) is 0.243. The molecular weight excluding hydrogens is 294 g/mol. The highest BCUT2D eigenvalue weighted by atomic mass is 16.2. The zero-order valence-electron chi connectivity index (χ0n) is 17.1. The van der Waals surface area contributed by atoms with Crippen LogP contribution in [0.15, 0.2) is 0 Å². The topological polar surface area (TPSA) is 20.3 Å². The molecule has 144 valence electrons. The molecule has 0 bridgehead atoms. The molecule has 0 aliphatic rings. The molecule has 0 saturated carbocycles. The Morgan fingerprint density at radius 2 is 0.917 bits per heavy atom. The molecule has 0 radical (unpaired) electrons. The van der Waals surface area contributed by atoms with Gasteiger partial charge in [-0.15, -0.1) is 0 Å². The number of hydrogen-bond donors (Lipinski definition) is 0. The maximum atomic E-state index is 12.5. The average molecular weight is 340 g/mol. The molecular formula is C22H45NO. The summed E-state index contributed by atoms with van der Waals surface area (Å²) in [5.41, 5.74) is 0. The van der Waals surface area contributed by atoms with Crippen molar-refractivity contribution in [2.24, 2.45) is 0 Å². The van der Waals surface area contributed by atoms with E-state index >= 15 is 0 Å². The van der Waals surface area contributed by atoms with Crippen LogP contribution in [0.25, 0.3) is 0 Å². The fraction of sp³-hybridized carbons (Fsp3) is 0.955. The summed E-state index contributed by atoms with van der Waals surface area (Å²) in [7, 11) is 0. The normalized spacial score (nSPS) is 11.0. The summed E-state index contributed by atoms with van der Waals surface area (Å²) in [5, 5.41) is 0. The number of carbonyl (C=O) groups excluding carboxylic acids is 1. The lowest BCUT2D eigenvalue weighted by Gasteiger charge is -2.23. The minimum Gasteiger partial charge on any atom is -0.343 e. The maximum absolute atomic E-state index is 12.5. The molecule has 0 aromatic heterocycles. The summed E-state index contributed by atoms with van der Waals surface area (Å²) in [6.07, 6.45) is 19.8. The van der Waals surface area contributed by atoms with Crippen LogP contribution in [-0.2, 0) is 4.79 Å². The van der Waals surface area contributed by atoms with Gasteiger partial charge in [-0.3, -0.25) is 4.79 Å². The van der Waals surface area contributed by atoms with Crippen molar-refractivity contribution >= 4 is 5.91 Å². The zero-order chi connectivity index (χ0) is 17.9. The zero-order valence-corrected chi connectivity index (χ0v) is 17.1. The molecule has 0 atom stereocenters. The largest absolute Gasteiger partial charge is 0.343 e. The second-order valence-electron chi connectivity index (χ2n) is 7.37. The van der Waals surface area contributed by atoms with Crippen LogP contribution in [-0.4, -0.2) is 23.9 Å². The summed E-state index contributed by atoms with van der Waals surface area (Å²) < 4.78 is 0.